The Balaban J connectivity index is 1.74. The van der Waals surface area contributed by atoms with Gasteiger partial charge in [-0.2, -0.15) is 0 Å². The Kier molecular flexibility index (Phi) is 6.34. The van der Waals surface area contributed by atoms with Gasteiger partial charge in [-0.3, -0.25) is 19.3 Å². The van der Waals surface area contributed by atoms with Gasteiger partial charge < -0.3 is 15.6 Å². The molecule has 2 aliphatic rings. The lowest BCUT2D eigenvalue weighted by Crippen LogP contribution is -2.70. The number of carboxylic acids is 1. The number of carboxylic acid groups (broad SMARTS) is 1. The van der Waals surface area contributed by atoms with Crippen molar-refractivity contribution in [1.29, 1.82) is 0 Å². The number of ketones is 1. The number of carbonyl (C=O) groups is 4. The summed E-state index contributed by atoms with van der Waals surface area (Å²) in [7, 11) is 0. The fourth-order valence-corrected chi connectivity index (χ4v) is 5.37. The van der Waals surface area contributed by atoms with E-state index in [4.69, 9.17) is 11.6 Å². The number of fused-ring (bicyclic) bond motifs is 1. The third-order valence-corrected chi connectivity index (χ3v) is 6.73. The van der Waals surface area contributed by atoms with Crippen LogP contribution < -0.4 is 10.2 Å². The molecular formula is C16H15ClN4O6S2. The zero-order valence-corrected chi connectivity index (χ0v) is 17.3. The average Bonchev–Trinajstić information content (AvgIpc) is 2.64. The van der Waals surface area contributed by atoms with Crippen LogP contribution in [0, 0.1) is 5.21 Å². The van der Waals surface area contributed by atoms with Crippen LogP contribution in [0.15, 0.2) is 28.4 Å². The average molecular weight is 459 g/mol. The minimum absolute atomic E-state index is 0.0369. The van der Waals surface area contributed by atoms with Crippen molar-refractivity contribution in [2.75, 3.05) is 11.5 Å². The number of aliphatic carboxylic acids is 1. The molecule has 13 heteroatoms. The third-order valence-electron chi connectivity index (χ3n) is 4.11. The van der Waals surface area contributed by atoms with E-state index in [1.54, 1.807) is 0 Å². The maximum Gasteiger partial charge on any atom is 0.352 e. The number of amides is 2. The van der Waals surface area contributed by atoms with Crippen LogP contribution in [0.25, 0.3) is 0 Å². The van der Waals surface area contributed by atoms with Crippen molar-refractivity contribution in [1.82, 2.24) is 15.3 Å². The van der Waals surface area contributed by atoms with Gasteiger partial charge >= 0.3 is 5.97 Å². The van der Waals surface area contributed by atoms with Gasteiger partial charge in [-0.1, -0.05) is 11.6 Å². The van der Waals surface area contributed by atoms with E-state index < -0.39 is 29.2 Å². The molecule has 0 radical (unpaired) electrons. The smallest absolute Gasteiger partial charge is 0.352 e. The number of Topliss-reactive ketones (excluding diaryl/α,β-unsaturated/α-hetero) is 1. The first-order valence-electron chi connectivity index (χ1n) is 8.27. The zero-order valence-electron chi connectivity index (χ0n) is 15.0. The predicted molar refractivity (Wildman–Crippen MR) is 104 cm³/mol. The second kappa shape index (κ2) is 8.59. The van der Waals surface area contributed by atoms with Gasteiger partial charge in [-0.05, 0) is 35.2 Å². The summed E-state index contributed by atoms with van der Waals surface area (Å²) in [5.74, 6) is -2.25. The first-order chi connectivity index (χ1) is 13.7. The standard InChI is InChI=1S/C16H15ClN4O6S2/c1-7(22)4-10(23)18-12-14(24)20-13(16(25)26)8(6-29-15(12)20)5-28-11-3-2-9(17)19-21(11)27/h2-3,12,15H,4-6H2,1H3,(H,18,23)(H,25,26)/t12?,15-/m0/s1. The van der Waals surface area contributed by atoms with Gasteiger partial charge in [0.25, 0.3) is 10.9 Å². The molecule has 0 aromatic carbocycles. The fraction of sp³-hybridized carbons (Fsp3) is 0.375. The lowest BCUT2D eigenvalue weighted by atomic mass is 10.0. The summed E-state index contributed by atoms with van der Waals surface area (Å²) in [6.45, 7) is 1.26. The number of carbonyl (C=O) groups excluding carboxylic acids is 3. The van der Waals surface area contributed by atoms with E-state index in [0.29, 0.717) is 16.2 Å². The normalized spacial score (nSPS) is 20.8. The molecule has 1 aromatic heterocycles. The van der Waals surface area contributed by atoms with Crippen molar-refractivity contribution in [2.45, 2.75) is 29.8 Å². The van der Waals surface area contributed by atoms with Gasteiger partial charge in [0.15, 0.2) is 5.15 Å². The Morgan fingerprint density at radius 1 is 1.48 bits per heavy atom. The Morgan fingerprint density at radius 3 is 2.83 bits per heavy atom. The molecule has 0 aliphatic carbocycles. The number of thioether (sulfide) groups is 2. The summed E-state index contributed by atoms with van der Waals surface area (Å²) in [6.07, 6.45) is -0.338. The highest BCUT2D eigenvalue weighted by atomic mass is 35.5. The predicted octanol–water partition coefficient (Wildman–Crippen LogP) is 0.178. The molecule has 3 heterocycles. The van der Waals surface area contributed by atoms with E-state index in [2.05, 4.69) is 10.4 Å². The van der Waals surface area contributed by atoms with E-state index in [1.807, 2.05) is 0 Å². The first-order valence-corrected chi connectivity index (χ1v) is 10.7. The molecule has 29 heavy (non-hydrogen) atoms. The van der Waals surface area contributed by atoms with Gasteiger partial charge in [-0.15, -0.1) is 11.8 Å². The number of hydrogen-bond acceptors (Lipinski definition) is 8. The van der Waals surface area contributed by atoms with Crippen molar-refractivity contribution < 1.29 is 29.1 Å². The zero-order chi connectivity index (χ0) is 21.3. The summed E-state index contributed by atoms with van der Waals surface area (Å²) >= 11 is 8.03. The molecule has 1 unspecified atom stereocenters. The SMILES string of the molecule is CC(=O)CC(=O)NC1C(=O)N2C(C(=O)O)=C(CSc3ccc(Cl)n[n+]3[O-])CS[C@@H]12. The van der Waals surface area contributed by atoms with Crippen molar-refractivity contribution >= 4 is 58.7 Å². The molecule has 1 saturated heterocycles. The number of β-lactam (4-membered cyclic amide) rings is 1. The quantitative estimate of drug-likeness (QED) is 0.192. The van der Waals surface area contributed by atoms with E-state index in [9.17, 15) is 29.5 Å². The maximum atomic E-state index is 12.5. The molecule has 2 amide bonds. The van der Waals surface area contributed by atoms with Crippen LogP contribution in [0.5, 0.6) is 0 Å². The molecule has 0 saturated carbocycles. The number of hydrogen-bond donors (Lipinski definition) is 2. The molecule has 10 nitrogen and oxygen atoms in total. The van der Waals surface area contributed by atoms with Crippen LogP contribution in [-0.4, -0.2) is 61.6 Å². The number of rotatable bonds is 7. The summed E-state index contributed by atoms with van der Waals surface area (Å²) in [5.41, 5.74) is 0.322. The highest BCUT2D eigenvalue weighted by Crippen LogP contribution is 2.41. The highest BCUT2D eigenvalue weighted by molar-refractivity contribution is 8.01. The van der Waals surface area contributed by atoms with E-state index in [1.165, 1.54) is 30.8 Å². The summed E-state index contributed by atoms with van der Waals surface area (Å²) in [4.78, 5) is 48.6. The molecule has 2 N–H and O–H groups in total. The van der Waals surface area contributed by atoms with Gasteiger partial charge in [-0.25, -0.2) is 4.79 Å². The van der Waals surface area contributed by atoms with Crippen LogP contribution >= 0.6 is 35.1 Å². The lowest BCUT2D eigenvalue weighted by molar-refractivity contribution is -0.706. The molecule has 0 bridgehead atoms. The van der Waals surface area contributed by atoms with Crippen molar-refractivity contribution in [3.05, 3.63) is 33.8 Å². The molecule has 2 atom stereocenters. The fourth-order valence-electron chi connectivity index (χ4n) is 2.88. The first kappa shape index (κ1) is 21.4. The largest absolute Gasteiger partial charge is 0.593 e. The second-order valence-electron chi connectivity index (χ2n) is 6.25. The number of aromatic nitrogens is 2. The third kappa shape index (κ3) is 4.49. The van der Waals surface area contributed by atoms with Gasteiger partial charge in [0.2, 0.25) is 5.91 Å². The van der Waals surface area contributed by atoms with Gasteiger partial charge in [0.05, 0.1) is 6.42 Å². The number of nitrogens with one attached hydrogen (secondary N) is 1. The molecule has 2 aliphatic heterocycles. The lowest BCUT2D eigenvalue weighted by Gasteiger charge is -2.49. The molecule has 0 spiro atoms. The van der Waals surface area contributed by atoms with Crippen molar-refractivity contribution in [3.8, 4) is 0 Å². The number of nitrogens with zero attached hydrogens (tertiary/aromatic N) is 3. The monoisotopic (exact) mass is 458 g/mol. The topological polar surface area (TPSA) is 144 Å². The van der Waals surface area contributed by atoms with Crippen LogP contribution in [0.2, 0.25) is 5.15 Å². The molecule has 3 rings (SSSR count). The Bertz CT molecular complexity index is 940. The maximum absolute atomic E-state index is 12.5. The van der Waals surface area contributed by atoms with E-state index >= 15 is 0 Å². The number of halogens is 1. The summed E-state index contributed by atoms with van der Waals surface area (Å²) < 4.78 is 0. The molecule has 1 fully saturated rings. The van der Waals surface area contributed by atoms with E-state index in [0.717, 1.165) is 16.7 Å². The van der Waals surface area contributed by atoms with E-state index in [-0.39, 0.29) is 33.8 Å². The molecule has 154 valence electrons. The second-order valence-corrected chi connectivity index (χ2v) is 8.73. The van der Waals surface area contributed by atoms with Gasteiger partial charge in [0.1, 0.15) is 22.9 Å². The molecule has 1 aromatic rings. The van der Waals surface area contributed by atoms with Crippen LogP contribution in [-0.2, 0) is 19.2 Å². The van der Waals surface area contributed by atoms with Crippen LogP contribution in [0.1, 0.15) is 13.3 Å². The highest BCUT2D eigenvalue weighted by Gasteiger charge is 2.54. The summed E-state index contributed by atoms with van der Waals surface area (Å²) in [6, 6.07) is 2.05. The Hall–Kier alpha value is -2.31. The Labute approximate surface area is 178 Å². The summed E-state index contributed by atoms with van der Waals surface area (Å²) in [5, 5.41) is 27.1. The van der Waals surface area contributed by atoms with Crippen LogP contribution in [0.3, 0.4) is 0 Å². The van der Waals surface area contributed by atoms with Crippen LogP contribution in [0.4, 0.5) is 0 Å². The van der Waals surface area contributed by atoms with Crippen molar-refractivity contribution in [2.24, 2.45) is 0 Å². The Morgan fingerprint density at radius 2 is 2.21 bits per heavy atom. The minimum Gasteiger partial charge on any atom is -0.593 e. The molecular weight excluding hydrogens is 444 g/mol. The van der Waals surface area contributed by atoms with Gasteiger partial charge in [0, 0.05) is 22.7 Å². The minimum atomic E-state index is -1.27. The van der Waals surface area contributed by atoms with Crippen molar-refractivity contribution in [3.63, 3.8) is 0 Å².